The fourth-order valence-electron chi connectivity index (χ4n) is 2.61. The van der Waals surface area contributed by atoms with E-state index in [1.54, 1.807) is 0 Å². The van der Waals surface area contributed by atoms with Crippen molar-refractivity contribution in [2.24, 2.45) is 0 Å². The Morgan fingerprint density at radius 1 is 1.04 bits per heavy atom. The molecule has 0 N–H and O–H groups in total. The minimum absolute atomic E-state index is 0.0621. The van der Waals surface area contributed by atoms with Gasteiger partial charge in [0.25, 0.3) is 0 Å². The van der Waals surface area contributed by atoms with Crippen LogP contribution in [-0.4, -0.2) is 29.6 Å². The maximum atomic E-state index is 11.3. The number of unbranched alkanes of at least 4 members (excludes halogenated alkanes) is 3. The number of nitrogens with zero attached hydrogens (tertiary/aromatic N) is 1. The van der Waals surface area contributed by atoms with Crippen LogP contribution in [0.4, 0.5) is 0 Å². The van der Waals surface area contributed by atoms with E-state index < -0.39 is 0 Å². The lowest BCUT2D eigenvalue weighted by molar-refractivity contribution is -0.143. The fourth-order valence-corrected chi connectivity index (χ4v) is 2.61. The molecule has 3 nitrogen and oxygen atoms in total. The zero-order chi connectivity index (χ0) is 17.1. The van der Waals surface area contributed by atoms with Gasteiger partial charge >= 0.3 is 5.97 Å². The molecule has 0 saturated carbocycles. The Labute approximate surface area is 142 Å². The van der Waals surface area contributed by atoms with Crippen LogP contribution in [0.2, 0.25) is 0 Å². The largest absolute Gasteiger partial charge is 0.466 e. The first kappa shape index (κ1) is 19.7. The minimum Gasteiger partial charge on any atom is -0.466 e. The summed E-state index contributed by atoms with van der Waals surface area (Å²) in [5.74, 6) is -0.0621. The second-order valence-electron chi connectivity index (χ2n) is 7.05. The smallest absolute Gasteiger partial charge is 0.305 e. The number of rotatable bonds is 10. The average Bonchev–Trinajstić information content (AvgIpc) is 2.49. The van der Waals surface area contributed by atoms with E-state index in [0.29, 0.717) is 13.0 Å². The summed E-state index contributed by atoms with van der Waals surface area (Å²) in [6.07, 6.45) is 4.93. The molecule has 0 atom stereocenters. The molecule has 0 aliphatic heterocycles. The molecule has 1 aromatic rings. The van der Waals surface area contributed by atoms with Crippen LogP contribution in [0, 0.1) is 0 Å². The van der Waals surface area contributed by atoms with E-state index in [0.717, 1.165) is 25.9 Å². The maximum absolute atomic E-state index is 11.3. The van der Waals surface area contributed by atoms with Crippen molar-refractivity contribution in [3.63, 3.8) is 0 Å². The zero-order valence-corrected chi connectivity index (χ0v) is 15.3. The Kier molecular flexibility index (Phi) is 8.93. The third-order valence-corrected chi connectivity index (χ3v) is 4.03. The molecule has 23 heavy (non-hydrogen) atoms. The number of carbonyl (C=O) groups excluding carboxylic acids is 1. The van der Waals surface area contributed by atoms with Crippen LogP contribution in [0.15, 0.2) is 30.3 Å². The van der Waals surface area contributed by atoms with Gasteiger partial charge in [-0.2, -0.15) is 0 Å². The molecule has 0 heterocycles. The molecule has 0 amide bonds. The molecule has 1 rings (SSSR count). The third kappa shape index (κ3) is 8.75. The van der Waals surface area contributed by atoms with Crippen LogP contribution in [0.1, 0.15) is 65.4 Å². The monoisotopic (exact) mass is 319 g/mol. The van der Waals surface area contributed by atoms with Gasteiger partial charge in [0, 0.05) is 18.5 Å². The topological polar surface area (TPSA) is 29.5 Å². The van der Waals surface area contributed by atoms with Crippen molar-refractivity contribution in [3.8, 4) is 0 Å². The summed E-state index contributed by atoms with van der Waals surface area (Å²) in [5.41, 5.74) is 1.53. The summed E-state index contributed by atoms with van der Waals surface area (Å²) < 4.78 is 4.95. The highest BCUT2D eigenvalue weighted by atomic mass is 16.5. The van der Waals surface area contributed by atoms with Crippen molar-refractivity contribution < 1.29 is 9.53 Å². The van der Waals surface area contributed by atoms with Crippen LogP contribution >= 0.6 is 0 Å². The number of carbonyl (C=O) groups is 1. The second-order valence-corrected chi connectivity index (χ2v) is 7.05. The van der Waals surface area contributed by atoms with Gasteiger partial charge in [-0.05, 0) is 52.6 Å². The van der Waals surface area contributed by atoms with Crippen molar-refractivity contribution in [2.75, 3.05) is 13.2 Å². The van der Waals surface area contributed by atoms with Crippen molar-refractivity contribution in [1.29, 1.82) is 0 Å². The van der Waals surface area contributed by atoms with E-state index >= 15 is 0 Å². The van der Waals surface area contributed by atoms with Crippen LogP contribution in [-0.2, 0) is 16.1 Å². The summed E-state index contributed by atoms with van der Waals surface area (Å²) >= 11 is 0. The fraction of sp³-hybridized carbons (Fsp3) is 0.650. The van der Waals surface area contributed by atoms with Crippen molar-refractivity contribution in [2.45, 2.75) is 71.9 Å². The van der Waals surface area contributed by atoms with Crippen molar-refractivity contribution in [1.82, 2.24) is 4.90 Å². The highest BCUT2D eigenvalue weighted by Crippen LogP contribution is 2.18. The lowest BCUT2D eigenvalue weighted by atomic mass is 10.0. The van der Waals surface area contributed by atoms with E-state index in [-0.39, 0.29) is 11.5 Å². The van der Waals surface area contributed by atoms with Crippen LogP contribution in [0.3, 0.4) is 0 Å². The molecule has 0 fully saturated rings. The Bertz CT molecular complexity index is 437. The molecule has 0 aliphatic carbocycles. The summed E-state index contributed by atoms with van der Waals surface area (Å²) in [7, 11) is 0. The van der Waals surface area contributed by atoms with Gasteiger partial charge in [0.2, 0.25) is 0 Å². The van der Waals surface area contributed by atoms with Gasteiger partial charge in [-0.25, -0.2) is 0 Å². The van der Waals surface area contributed by atoms with Gasteiger partial charge in [-0.15, -0.1) is 0 Å². The van der Waals surface area contributed by atoms with Gasteiger partial charge in [0.15, 0.2) is 0 Å². The van der Waals surface area contributed by atoms with Gasteiger partial charge in [0.05, 0.1) is 6.61 Å². The summed E-state index contributed by atoms with van der Waals surface area (Å²) in [5, 5.41) is 0. The van der Waals surface area contributed by atoms with E-state index in [4.69, 9.17) is 4.74 Å². The first-order valence-electron chi connectivity index (χ1n) is 8.88. The summed E-state index contributed by atoms with van der Waals surface area (Å²) in [4.78, 5) is 13.8. The molecule has 130 valence electrons. The van der Waals surface area contributed by atoms with Crippen molar-refractivity contribution >= 4 is 5.97 Å². The zero-order valence-electron chi connectivity index (χ0n) is 15.3. The first-order valence-corrected chi connectivity index (χ1v) is 8.88. The average molecular weight is 319 g/mol. The molecular formula is C20H33NO2. The Morgan fingerprint density at radius 3 is 2.30 bits per heavy atom. The number of esters is 1. The highest BCUT2D eigenvalue weighted by molar-refractivity contribution is 5.69. The molecule has 0 bridgehead atoms. The van der Waals surface area contributed by atoms with Gasteiger partial charge in [0.1, 0.15) is 0 Å². The van der Waals surface area contributed by atoms with Crippen LogP contribution < -0.4 is 0 Å². The predicted molar refractivity (Wildman–Crippen MR) is 96.3 cm³/mol. The van der Waals surface area contributed by atoms with Crippen LogP contribution in [0.5, 0.6) is 0 Å². The van der Waals surface area contributed by atoms with Crippen LogP contribution in [0.25, 0.3) is 0 Å². The standard InChI is InChI=1S/C20H33NO2/c1-5-23-19(22)15-11-6-7-12-16-21(20(2,3)4)17-18-13-9-8-10-14-18/h8-10,13-14H,5-7,11-12,15-17H2,1-4H3. The van der Waals surface area contributed by atoms with Gasteiger partial charge in [-0.1, -0.05) is 43.2 Å². The van der Waals surface area contributed by atoms with E-state index in [2.05, 4.69) is 56.0 Å². The van der Waals surface area contributed by atoms with Gasteiger partial charge in [-0.3, -0.25) is 9.69 Å². The third-order valence-electron chi connectivity index (χ3n) is 4.03. The number of benzene rings is 1. The van der Waals surface area contributed by atoms with E-state index in [1.807, 2.05) is 6.92 Å². The molecule has 0 aromatic heterocycles. The second kappa shape index (κ2) is 10.4. The predicted octanol–water partition coefficient (Wildman–Crippen LogP) is 4.80. The molecular weight excluding hydrogens is 286 g/mol. The number of hydrogen-bond acceptors (Lipinski definition) is 3. The van der Waals surface area contributed by atoms with Crippen molar-refractivity contribution in [3.05, 3.63) is 35.9 Å². The minimum atomic E-state index is -0.0621. The first-order chi connectivity index (χ1) is 10.9. The van der Waals surface area contributed by atoms with E-state index in [9.17, 15) is 4.79 Å². The SMILES string of the molecule is CCOC(=O)CCCCCCN(Cc1ccccc1)C(C)(C)C. The highest BCUT2D eigenvalue weighted by Gasteiger charge is 2.20. The Balaban J connectivity index is 2.29. The number of ether oxygens (including phenoxy) is 1. The molecule has 1 aromatic carbocycles. The maximum Gasteiger partial charge on any atom is 0.305 e. The lowest BCUT2D eigenvalue weighted by Crippen LogP contribution is -2.41. The molecule has 0 aliphatic rings. The molecule has 0 radical (unpaired) electrons. The molecule has 0 unspecified atom stereocenters. The Morgan fingerprint density at radius 2 is 1.70 bits per heavy atom. The lowest BCUT2D eigenvalue weighted by Gasteiger charge is -2.36. The Hall–Kier alpha value is -1.35. The van der Waals surface area contributed by atoms with E-state index in [1.165, 1.54) is 18.4 Å². The molecule has 3 heteroatoms. The molecule has 0 spiro atoms. The summed E-state index contributed by atoms with van der Waals surface area (Å²) in [6, 6.07) is 10.7. The van der Waals surface area contributed by atoms with Gasteiger partial charge < -0.3 is 4.74 Å². The number of hydrogen-bond donors (Lipinski definition) is 0. The molecule has 0 saturated heterocycles. The quantitative estimate of drug-likeness (QED) is 0.458. The normalized spacial score (nSPS) is 11.7. The summed E-state index contributed by atoms with van der Waals surface area (Å²) in [6.45, 7) is 11.2.